The molecule has 1 aromatic carbocycles. The molecular formula is C14H24N2O. The van der Waals surface area contributed by atoms with E-state index in [1.54, 1.807) is 7.11 Å². The molecule has 0 unspecified atom stereocenters. The maximum Gasteiger partial charge on any atom is 0.0479 e. The molecule has 0 atom stereocenters. The summed E-state index contributed by atoms with van der Waals surface area (Å²) in [6.45, 7) is 7.69. The molecule has 1 rings (SSSR count). The van der Waals surface area contributed by atoms with Crippen molar-refractivity contribution < 1.29 is 4.74 Å². The first-order chi connectivity index (χ1) is 8.27. The predicted octanol–water partition coefficient (Wildman–Crippen LogP) is 3.47. The minimum atomic E-state index is 0.763. The molecular weight excluding hydrogens is 212 g/mol. The van der Waals surface area contributed by atoms with Gasteiger partial charge in [-0.25, -0.2) is 0 Å². The van der Waals surface area contributed by atoms with Gasteiger partial charge in [0.25, 0.3) is 0 Å². The summed E-state index contributed by atoms with van der Waals surface area (Å²) in [6, 6.07) is 6.04. The highest BCUT2D eigenvalue weighted by Crippen LogP contribution is 2.15. The van der Waals surface area contributed by atoms with Crippen molar-refractivity contribution in [3.8, 4) is 0 Å². The van der Waals surface area contributed by atoms with Crippen molar-refractivity contribution in [2.24, 2.45) is 0 Å². The summed E-state index contributed by atoms with van der Waals surface area (Å²) in [5, 5.41) is 10.6. The minimum absolute atomic E-state index is 0.763. The number of hydrogen-bond acceptors (Lipinski definition) is 3. The Hall–Kier alpha value is -1.35. The first kappa shape index (κ1) is 15.7. The predicted molar refractivity (Wildman–Crippen MR) is 75.4 cm³/mol. The third kappa shape index (κ3) is 6.07. The quantitative estimate of drug-likeness (QED) is 0.587. The summed E-state index contributed by atoms with van der Waals surface area (Å²) >= 11 is 0. The molecule has 3 heteroatoms. The fourth-order valence-corrected chi connectivity index (χ4v) is 1.39. The Morgan fingerprint density at radius 2 is 2.06 bits per heavy atom. The van der Waals surface area contributed by atoms with E-state index in [0.717, 1.165) is 30.8 Å². The molecule has 17 heavy (non-hydrogen) atoms. The Bertz CT molecular complexity index is 324. The lowest BCUT2D eigenvalue weighted by Gasteiger charge is -2.09. The van der Waals surface area contributed by atoms with Crippen molar-refractivity contribution in [2.45, 2.75) is 27.2 Å². The summed E-state index contributed by atoms with van der Waals surface area (Å²) < 4.78 is 4.98. The van der Waals surface area contributed by atoms with Crippen LogP contribution in [0.4, 0.5) is 5.69 Å². The van der Waals surface area contributed by atoms with Crippen LogP contribution in [0.2, 0.25) is 0 Å². The molecule has 0 aromatic heterocycles. The molecule has 0 saturated carbocycles. The Balaban J connectivity index is 0.00000121. The zero-order valence-electron chi connectivity index (χ0n) is 11.3. The fraction of sp³-hybridized carbons (Fsp3) is 0.500. The molecule has 0 heterocycles. The van der Waals surface area contributed by atoms with Crippen molar-refractivity contribution in [3.05, 3.63) is 29.3 Å². The topological polar surface area (TPSA) is 45.1 Å². The van der Waals surface area contributed by atoms with Crippen LogP contribution in [0.25, 0.3) is 0 Å². The Morgan fingerprint density at radius 3 is 2.65 bits per heavy atom. The Kier molecular flexibility index (Phi) is 9.06. The van der Waals surface area contributed by atoms with Crippen molar-refractivity contribution in [1.29, 1.82) is 5.41 Å². The second-order valence-corrected chi connectivity index (χ2v) is 3.51. The van der Waals surface area contributed by atoms with Crippen LogP contribution in [0.1, 0.15) is 31.4 Å². The van der Waals surface area contributed by atoms with Gasteiger partial charge in [-0.05, 0) is 25.0 Å². The molecule has 96 valence electrons. The van der Waals surface area contributed by atoms with E-state index in [0.29, 0.717) is 0 Å². The molecule has 2 N–H and O–H groups in total. The highest BCUT2D eigenvalue weighted by Gasteiger charge is 1.99. The SMILES string of the molecule is CC.COCCCNc1cc(C)ccc1C=N. The summed E-state index contributed by atoms with van der Waals surface area (Å²) in [6.07, 6.45) is 2.35. The molecule has 3 nitrogen and oxygen atoms in total. The van der Waals surface area contributed by atoms with E-state index in [4.69, 9.17) is 10.1 Å². The Morgan fingerprint density at radius 1 is 1.35 bits per heavy atom. The van der Waals surface area contributed by atoms with Gasteiger partial charge in [-0.2, -0.15) is 0 Å². The summed E-state index contributed by atoms with van der Waals surface area (Å²) in [4.78, 5) is 0. The van der Waals surface area contributed by atoms with Gasteiger partial charge in [0.15, 0.2) is 0 Å². The first-order valence-electron chi connectivity index (χ1n) is 6.12. The van der Waals surface area contributed by atoms with Crippen molar-refractivity contribution in [2.75, 3.05) is 25.6 Å². The molecule has 0 radical (unpaired) electrons. The van der Waals surface area contributed by atoms with Crippen LogP contribution in [0, 0.1) is 12.3 Å². The summed E-state index contributed by atoms with van der Waals surface area (Å²) in [5.74, 6) is 0. The van der Waals surface area contributed by atoms with Crippen molar-refractivity contribution >= 4 is 11.9 Å². The number of nitrogens with one attached hydrogen (secondary N) is 2. The lowest BCUT2D eigenvalue weighted by atomic mass is 10.1. The van der Waals surface area contributed by atoms with Gasteiger partial charge in [-0.15, -0.1) is 0 Å². The van der Waals surface area contributed by atoms with E-state index in [-0.39, 0.29) is 0 Å². The molecule has 0 aliphatic rings. The normalized spacial score (nSPS) is 9.18. The zero-order chi connectivity index (χ0) is 13.1. The van der Waals surface area contributed by atoms with Crippen molar-refractivity contribution in [3.63, 3.8) is 0 Å². The number of aryl methyl sites for hydroxylation is 1. The van der Waals surface area contributed by atoms with E-state index >= 15 is 0 Å². The van der Waals surface area contributed by atoms with Gasteiger partial charge in [-0.3, -0.25) is 0 Å². The van der Waals surface area contributed by atoms with E-state index in [1.807, 2.05) is 32.9 Å². The number of benzene rings is 1. The monoisotopic (exact) mass is 236 g/mol. The van der Waals surface area contributed by atoms with Crippen LogP contribution in [-0.2, 0) is 4.74 Å². The minimum Gasteiger partial charge on any atom is -0.385 e. The van der Waals surface area contributed by atoms with Gasteiger partial charge >= 0.3 is 0 Å². The molecule has 0 aliphatic heterocycles. The average Bonchev–Trinajstić information content (AvgIpc) is 2.37. The third-order valence-corrected chi connectivity index (χ3v) is 2.20. The standard InChI is InChI=1S/C12H18N2O.C2H6/c1-10-4-5-11(9-13)12(8-10)14-6-3-7-15-2;1-2/h4-5,8-9,13-14H,3,6-7H2,1-2H3;1-2H3. The third-order valence-electron chi connectivity index (χ3n) is 2.20. The highest BCUT2D eigenvalue weighted by atomic mass is 16.5. The number of rotatable bonds is 6. The van der Waals surface area contributed by atoms with Crippen molar-refractivity contribution in [1.82, 2.24) is 0 Å². The van der Waals surface area contributed by atoms with Gasteiger partial charge in [0, 0.05) is 37.7 Å². The first-order valence-corrected chi connectivity index (χ1v) is 6.12. The lowest BCUT2D eigenvalue weighted by molar-refractivity contribution is 0.198. The summed E-state index contributed by atoms with van der Waals surface area (Å²) in [7, 11) is 1.70. The van der Waals surface area contributed by atoms with Gasteiger partial charge in [0.1, 0.15) is 0 Å². The van der Waals surface area contributed by atoms with E-state index in [1.165, 1.54) is 11.8 Å². The van der Waals surface area contributed by atoms with E-state index in [9.17, 15) is 0 Å². The lowest BCUT2D eigenvalue weighted by Crippen LogP contribution is -2.06. The molecule has 0 aliphatic carbocycles. The molecule has 0 amide bonds. The molecule has 0 saturated heterocycles. The van der Waals surface area contributed by atoms with Crippen LogP contribution in [-0.4, -0.2) is 26.5 Å². The largest absolute Gasteiger partial charge is 0.385 e. The fourth-order valence-electron chi connectivity index (χ4n) is 1.39. The number of methoxy groups -OCH3 is 1. The van der Waals surface area contributed by atoms with Crippen LogP contribution in [0.5, 0.6) is 0 Å². The second-order valence-electron chi connectivity index (χ2n) is 3.51. The number of hydrogen-bond donors (Lipinski definition) is 2. The molecule has 0 fully saturated rings. The zero-order valence-corrected chi connectivity index (χ0v) is 11.3. The van der Waals surface area contributed by atoms with Crippen LogP contribution >= 0.6 is 0 Å². The van der Waals surface area contributed by atoms with E-state index in [2.05, 4.69) is 11.4 Å². The second kappa shape index (κ2) is 9.85. The van der Waals surface area contributed by atoms with Gasteiger partial charge in [0.2, 0.25) is 0 Å². The molecule has 0 spiro atoms. The maximum atomic E-state index is 7.28. The van der Waals surface area contributed by atoms with Crippen LogP contribution in [0.15, 0.2) is 18.2 Å². The average molecular weight is 236 g/mol. The molecule has 1 aromatic rings. The van der Waals surface area contributed by atoms with Crippen LogP contribution in [0.3, 0.4) is 0 Å². The molecule has 0 bridgehead atoms. The van der Waals surface area contributed by atoms with E-state index < -0.39 is 0 Å². The number of anilines is 1. The van der Waals surface area contributed by atoms with Gasteiger partial charge in [0.05, 0.1) is 0 Å². The smallest absolute Gasteiger partial charge is 0.0479 e. The number of ether oxygens (including phenoxy) is 1. The van der Waals surface area contributed by atoms with Crippen LogP contribution < -0.4 is 5.32 Å². The maximum absolute atomic E-state index is 7.28. The summed E-state index contributed by atoms with van der Waals surface area (Å²) in [5.41, 5.74) is 3.16. The highest BCUT2D eigenvalue weighted by molar-refractivity contribution is 5.85. The van der Waals surface area contributed by atoms with Gasteiger partial charge < -0.3 is 15.5 Å². The Labute approximate surface area is 105 Å². The van der Waals surface area contributed by atoms with Gasteiger partial charge in [-0.1, -0.05) is 26.0 Å².